The van der Waals surface area contributed by atoms with E-state index in [1.54, 1.807) is 0 Å². The average Bonchev–Trinajstić information content (AvgIpc) is 2.84. The molecule has 0 aromatic heterocycles. The fourth-order valence-corrected chi connectivity index (χ4v) is 3.94. The van der Waals surface area contributed by atoms with Crippen molar-refractivity contribution in [1.29, 1.82) is 0 Å². The van der Waals surface area contributed by atoms with Gasteiger partial charge >= 0.3 is 11.9 Å². The molecular weight excluding hydrogens is 256 g/mol. The molecule has 0 radical (unpaired) electrons. The van der Waals surface area contributed by atoms with Crippen molar-refractivity contribution in [3.05, 3.63) is 5.21 Å². The van der Waals surface area contributed by atoms with E-state index in [-0.39, 0.29) is 24.5 Å². The number of quaternary nitrogens is 1. The summed E-state index contributed by atoms with van der Waals surface area (Å²) in [6.45, 7) is 0. The molecule has 0 saturated carbocycles. The number of hydrogen-bond donors (Lipinski definition) is 4. The third-order valence-electron chi connectivity index (χ3n) is 3.36. The number of nitrogens with one attached hydrogen (secondary N) is 3. The van der Waals surface area contributed by atoms with Crippen LogP contribution in [0.1, 0.15) is 25.7 Å². The molecule has 2 rings (SSSR count). The molecular formula is C10H18N4O3S. The molecule has 0 spiro atoms. The first-order valence-corrected chi connectivity index (χ1v) is 7.14. The zero-order valence-corrected chi connectivity index (χ0v) is 10.8. The number of hydroxylamine groups is 1. The highest BCUT2D eigenvalue weighted by Gasteiger charge is 2.42. The standard InChI is InChI=1S/C10H18N4O3S/c11-14(17)8(15)4-2-1-3-7-9-6(5-18-7)12-10(16)13-9/h6-7,9,14H,1-5,11H2,(H2,12,13,16)/t6-,7-,9-/m0/s1. The maximum Gasteiger partial charge on any atom is 0.330 e. The van der Waals surface area contributed by atoms with Gasteiger partial charge < -0.3 is 15.8 Å². The lowest BCUT2D eigenvalue weighted by atomic mass is 10.0. The van der Waals surface area contributed by atoms with Gasteiger partial charge in [0.25, 0.3) is 0 Å². The molecule has 2 aliphatic rings. The van der Waals surface area contributed by atoms with Gasteiger partial charge in [-0.05, 0) is 12.8 Å². The van der Waals surface area contributed by atoms with Gasteiger partial charge in [0.05, 0.1) is 18.5 Å². The Morgan fingerprint density at radius 1 is 1.50 bits per heavy atom. The molecule has 5 N–H and O–H groups in total. The van der Waals surface area contributed by atoms with Gasteiger partial charge in [0.1, 0.15) is 0 Å². The lowest BCUT2D eigenvalue weighted by Gasteiger charge is -2.16. The first kappa shape index (κ1) is 13.6. The Balaban J connectivity index is 1.66. The summed E-state index contributed by atoms with van der Waals surface area (Å²) in [5.74, 6) is 5.32. The molecule has 18 heavy (non-hydrogen) atoms. The molecule has 0 aliphatic carbocycles. The summed E-state index contributed by atoms with van der Waals surface area (Å²) in [4.78, 5) is 22.2. The molecule has 8 heteroatoms. The highest BCUT2D eigenvalue weighted by molar-refractivity contribution is 8.00. The van der Waals surface area contributed by atoms with Crippen LogP contribution in [0.2, 0.25) is 0 Å². The van der Waals surface area contributed by atoms with E-state index in [0.717, 1.165) is 18.6 Å². The summed E-state index contributed by atoms with van der Waals surface area (Å²) < 4.78 is 0. The Labute approximate surface area is 109 Å². The number of nitrogens with two attached hydrogens (primary N) is 1. The topological polar surface area (TPSA) is 112 Å². The van der Waals surface area contributed by atoms with E-state index in [1.165, 1.54) is 0 Å². The van der Waals surface area contributed by atoms with E-state index in [2.05, 4.69) is 10.6 Å². The van der Waals surface area contributed by atoms with Gasteiger partial charge in [-0.2, -0.15) is 17.6 Å². The monoisotopic (exact) mass is 274 g/mol. The fraction of sp³-hybridized carbons (Fsp3) is 0.800. The number of amides is 3. The molecule has 102 valence electrons. The third-order valence-corrected chi connectivity index (χ3v) is 4.86. The van der Waals surface area contributed by atoms with Crippen molar-refractivity contribution >= 4 is 23.7 Å². The molecule has 1 unspecified atom stereocenters. The summed E-state index contributed by atoms with van der Waals surface area (Å²) in [6.07, 6.45) is 2.72. The van der Waals surface area contributed by atoms with Gasteiger partial charge in [-0.25, -0.2) is 14.8 Å². The van der Waals surface area contributed by atoms with E-state index in [1.807, 2.05) is 11.8 Å². The predicted molar refractivity (Wildman–Crippen MR) is 67.5 cm³/mol. The second kappa shape index (κ2) is 5.87. The number of urea groups is 1. The minimum atomic E-state index is -0.849. The largest absolute Gasteiger partial charge is 0.606 e. The van der Waals surface area contributed by atoms with E-state index in [9.17, 15) is 14.8 Å². The molecule has 2 fully saturated rings. The summed E-state index contributed by atoms with van der Waals surface area (Å²) in [5.41, 5.74) is 0. The van der Waals surface area contributed by atoms with Crippen LogP contribution in [0.15, 0.2) is 0 Å². The first-order valence-electron chi connectivity index (χ1n) is 6.09. The van der Waals surface area contributed by atoms with E-state index in [4.69, 9.17) is 5.84 Å². The van der Waals surface area contributed by atoms with Crippen molar-refractivity contribution < 1.29 is 14.8 Å². The van der Waals surface area contributed by atoms with Crippen LogP contribution in [0.5, 0.6) is 0 Å². The number of carbonyl (C=O) groups is 2. The third kappa shape index (κ3) is 3.14. The van der Waals surface area contributed by atoms with Gasteiger partial charge in [0, 0.05) is 11.0 Å². The van der Waals surface area contributed by atoms with Crippen molar-refractivity contribution in [2.45, 2.75) is 43.0 Å². The maximum absolute atomic E-state index is 11.2. The molecule has 2 saturated heterocycles. The van der Waals surface area contributed by atoms with Gasteiger partial charge in [0.15, 0.2) is 0 Å². The number of rotatable bonds is 5. The van der Waals surface area contributed by atoms with Crippen LogP contribution >= 0.6 is 11.8 Å². The van der Waals surface area contributed by atoms with Crippen LogP contribution in [-0.2, 0) is 4.79 Å². The minimum Gasteiger partial charge on any atom is -0.606 e. The zero-order valence-electron chi connectivity index (χ0n) is 9.98. The summed E-state index contributed by atoms with van der Waals surface area (Å²) in [5, 5.41) is 15.9. The summed E-state index contributed by atoms with van der Waals surface area (Å²) in [7, 11) is 0. The number of thioether (sulfide) groups is 1. The van der Waals surface area contributed by atoms with Gasteiger partial charge in [-0.3, -0.25) is 0 Å². The Morgan fingerprint density at radius 3 is 3.00 bits per heavy atom. The molecule has 2 heterocycles. The summed E-state index contributed by atoms with van der Waals surface area (Å²) >= 11 is 1.85. The molecule has 0 aromatic carbocycles. The second-order valence-corrected chi connectivity index (χ2v) is 5.93. The van der Waals surface area contributed by atoms with Gasteiger partial charge in [0.2, 0.25) is 0 Å². The Kier molecular flexibility index (Phi) is 4.44. The summed E-state index contributed by atoms with van der Waals surface area (Å²) in [6, 6.07) is 0.355. The van der Waals surface area contributed by atoms with E-state index >= 15 is 0 Å². The Bertz CT molecular complexity index is 339. The second-order valence-electron chi connectivity index (χ2n) is 4.66. The van der Waals surface area contributed by atoms with E-state index < -0.39 is 11.1 Å². The van der Waals surface area contributed by atoms with Gasteiger partial charge in [-0.1, -0.05) is 6.42 Å². The highest BCUT2D eigenvalue weighted by Crippen LogP contribution is 2.33. The van der Waals surface area contributed by atoms with Crippen molar-refractivity contribution in [1.82, 2.24) is 10.6 Å². The van der Waals surface area contributed by atoms with Crippen molar-refractivity contribution in [3.8, 4) is 0 Å². The first-order chi connectivity index (χ1) is 8.58. The highest BCUT2D eigenvalue weighted by atomic mass is 32.2. The quantitative estimate of drug-likeness (QED) is 0.160. The molecule has 4 atom stereocenters. The fourth-order valence-electron chi connectivity index (χ4n) is 2.40. The predicted octanol–water partition coefficient (Wildman–Crippen LogP) is -1.50. The maximum atomic E-state index is 11.2. The van der Waals surface area contributed by atoms with Crippen LogP contribution in [-0.4, -0.2) is 35.0 Å². The average molecular weight is 274 g/mol. The Morgan fingerprint density at radius 2 is 2.28 bits per heavy atom. The van der Waals surface area contributed by atoms with Crippen LogP contribution in [0, 0.1) is 5.21 Å². The SMILES string of the molecule is N[NH+]([O-])C(=O)CCCC[C@@H]1SC[C@@H]2NC(=O)N[C@@H]21. The lowest BCUT2D eigenvalue weighted by molar-refractivity contribution is -0.778. The normalized spacial score (nSPS) is 31.7. The number of hydrogen-bond acceptors (Lipinski definition) is 5. The smallest absolute Gasteiger partial charge is 0.330 e. The minimum absolute atomic E-state index is 0.0841. The number of fused-ring (bicyclic) bond motifs is 1. The van der Waals surface area contributed by atoms with Crippen molar-refractivity contribution in [2.24, 2.45) is 5.84 Å². The van der Waals surface area contributed by atoms with E-state index in [0.29, 0.717) is 11.7 Å². The Hall–Kier alpha value is -0.830. The number of unbranched alkanes of at least 4 members (excludes halogenated alkanes) is 1. The van der Waals surface area contributed by atoms with Crippen LogP contribution < -0.4 is 21.6 Å². The zero-order chi connectivity index (χ0) is 13.1. The molecule has 0 bridgehead atoms. The molecule has 3 amide bonds. The van der Waals surface area contributed by atoms with Crippen LogP contribution in [0.3, 0.4) is 0 Å². The molecule has 7 nitrogen and oxygen atoms in total. The van der Waals surface area contributed by atoms with Crippen LogP contribution in [0.4, 0.5) is 4.79 Å². The van der Waals surface area contributed by atoms with Crippen molar-refractivity contribution in [3.63, 3.8) is 0 Å². The lowest BCUT2D eigenvalue weighted by Crippen LogP contribution is -3.15. The molecule has 2 aliphatic heterocycles. The van der Waals surface area contributed by atoms with Crippen molar-refractivity contribution in [2.75, 3.05) is 5.75 Å². The van der Waals surface area contributed by atoms with Crippen LogP contribution in [0.25, 0.3) is 0 Å². The van der Waals surface area contributed by atoms with Gasteiger partial charge in [-0.15, -0.1) is 0 Å². The molecule has 0 aromatic rings. The number of carbonyl (C=O) groups excluding carboxylic acids is 2.